The van der Waals surface area contributed by atoms with E-state index < -0.39 is 0 Å². The fourth-order valence-electron chi connectivity index (χ4n) is 3.29. The molecule has 0 aliphatic carbocycles. The van der Waals surface area contributed by atoms with Crippen molar-refractivity contribution in [2.45, 2.75) is 91.9 Å². The second-order valence-corrected chi connectivity index (χ2v) is 6.27. The molecule has 0 radical (unpaired) electrons. The molecular formula is C20H34O. The normalized spacial score (nSPS) is 11.0. The molecule has 0 aromatic heterocycles. The Morgan fingerprint density at radius 3 is 2.00 bits per heavy atom. The summed E-state index contributed by atoms with van der Waals surface area (Å²) in [6, 6.07) is 1.98. The third-order valence-corrected chi connectivity index (χ3v) is 4.53. The van der Waals surface area contributed by atoms with Gasteiger partial charge in [-0.2, -0.15) is 0 Å². The zero-order valence-electron chi connectivity index (χ0n) is 14.6. The number of phenols is 1. The highest BCUT2D eigenvalue weighted by Gasteiger charge is 2.14. The van der Waals surface area contributed by atoms with E-state index in [4.69, 9.17) is 0 Å². The lowest BCUT2D eigenvalue weighted by Gasteiger charge is -2.18. The smallest absolute Gasteiger partial charge is 0.119 e. The van der Waals surface area contributed by atoms with Gasteiger partial charge in [0.2, 0.25) is 0 Å². The molecule has 0 saturated heterocycles. The molecule has 0 aliphatic heterocycles. The second-order valence-electron chi connectivity index (χ2n) is 6.27. The fraction of sp³-hybridized carbons (Fsp3) is 0.700. The molecule has 1 rings (SSSR count). The molecule has 1 aromatic rings. The van der Waals surface area contributed by atoms with Crippen LogP contribution in [0.1, 0.15) is 88.0 Å². The molecule has 0 amide bonds. The van der Waals surface area contributed by atoms with Crippen LogP contribution < -0.4 is 0 Å². The Bertz CT molecular complexity index is 420. The van der Waals surface area contributed by atoms with Crippen molar-refractivity contribution in [3.63, 3.8) is 0 Å². The number of benzene rings is 1. The highest BCUT2D eigenvalue weighted by Crippen LogP contribution is 2.31. The standard InChI is InChI=1S/C20H34O/c1-5-8-10-11-12-14-19-18(13-9-6-2)17(7-3)16(4)15-20(19)21/h15,21H,5-14H2,1-4H3. The van der Waals surface area contributed by atoms with Crippen molar-refractivity contribution in [2.75, 3.05) is 0 Å². The van der Waals surface area contributed by atoms with Gasteiger partial charge in [-0.15, -0.1) is 0 Å². The summed E-state index contributed by atoms with van der Waals surface area (Å²) < 4.78 is 0. The number of aromatic hydroxyl groups is 1. The van der Waals surface area contributed by atoms with Gasteiger partial charge in [-0.05, 0) is 67.3 Å². The van der Waals surface area contributed by atoms with Gasteiger partial charge in [0.1, 0.15) is 5.75 Å². The molecule has 120 valence electrons. The molecule has 1 N–H and O–H groups in total. The lowest BCUT2D eigenvalue weighted by Crippen LogP contribution is -2.03. The number of hydrogen-bond acceptors (Lipinski definition) is 1. The molecule has 0 unspecified atom stereocenters. The third kappa shape index (κ3) is 5.37. The van der Waals surface area contributed by atoms with Crippen molar-refractivity contribution in [3.8, 4) is 5.75 Å². The third-order valence-electron chi connectivity index (χ3n) is 4.53. The highest BCUT2D eigenvalue weighted by molar-refractivity contribution is 5.49. The molecule has 21 heavy (non-hydrogen) atoms. The van der Waals surface area contributed by atoms with Gasteiger partial charge in [-0.25, -0.2) is 0 Å². The first-order chi connectivity index (χ1) is 10.2. The minimum absolute atomic E-state index is 0.534. The number of phenolic OH excluding ortho intramolecular Hbond substituents is 1. The van der Waals surface area contributed by atoms with E-state index in [2.05, 4.69) is 27.7 Å². The summed E-state index contributed by atoms with van der Waals surface area (Å²) in [5.74, 6) is 0.534. The van der Waals surface area contributed by atoms with Crippen molar-refractivity contribution in [1.82, 2.24) is 0 Å². The molecule has 0 bridgehead atoms. The average molecular weight is 290 g/mol. The molecule has 0 aliphatic rings. The van der Waals surface area contributed by atoms with Crippen molar-refractivity contribution in [1.29, 1.82) is 0 Å². The summed E-state index contributed by atoms with van der Waals surface area (Å²) in [6.07, 6.45) is 12.1. The summed E-state index contributed by atoms with van der Waals surface area (Å²) in [5, 5.41) is 10.4. The molecule has 0 spiro atoms. The van der Waals surface area contributed by atoms with Gasteiger partial charge in [0.05, 0.1) is 0 Å². The average Bonchev–Trinajstić information content (AvgIpc) is 2.46. The minimum atomic E-state index is 0.534. The lowest BCUT2D eigenvalue weighted by molar-refractivity contribution is 0.463. The van der Waals surface area contributed by atoms with Gasteiger partial charge in [0.25, 0.3) is 0 Å². The summed E-state index contributed by atoms with van der Waals surface area (Å²) in [5.41, 5.74) is 5.43. The second kappa shape index (κ2) is 9.87. The van der Waals surface area contributed by atoms with E-state index in [1.54, 1.807) is 0 Å². The zero-order chi connectivity index (χ0) is 15.7. The molecule has 0 heterocycles. The van der Waals surface area contributed by atoms with E-state index in [0.29, 0.717) is 5.75 Å². The van der Waals surface area contributed by atoms with Gasteiger partial charge in [0.15, 0.2) is 0 Å². The Labute approximate surface area is 131 Å². The lowest BCUT2D eigenvalue weighted by atomic mass is 9.88. The fourth-order valence-corrected chi connectivity index (χ4v) is 3.29. The quantitative estimate of drug-likeness (QED) is 0.515. The zero-order valence-corrected chi connectivity index (χ0v) is 14.6. The van der Waals surface area contributed by atoms with E-state index in [1.807, 2.05) is 6.07 Å². The summed E-state index contributed by atoms with van der Waals surface area (Å²) in [7, 11) is 0. The Hall–Kier alpha value is -0.980. The Morgan fingerprint density at radius 2 is 1.38 bits per heavy atom. The Kier molecular flexibility index (Phi) is 8.49. The maximum Gasteiger partial charge on any atom is 0.119 e. The van der Waals surface area contributed by atoms with E-state index >= 15 is 0 Å². The topological polar surface area (TPSA) is 20.2 Å². The van der Waals surface area contributed by atoms with Crippen LogP contribution in [0.25, 0.3) is 0 Å². The van der Waals surface area contributed by atoms with Crippen LogP contribution in [0.15, 0.2) is 6.07 Å². The van der Waals surface area contributed by atoms with Crippen molar-refractivity contribution in [2.24, 2.45) is 0 Å². The van der Waals surface area contributed by atoms with Crippen molar-refractivity contribution in [3.05, 3.63) is 28.3 Å². The predicted octanol–water partition coefficient (Wildman–Crippen LogP) is 6.12. The van der Waals surface area contributed by atoms with Gasteiger partial charge in [-0.1, -0.05) is 52.9 Å². The van der Waals surface area contributed by atoms with Crippen LogP contribution >= 0.6 is 0 Å². The van der Waals surface area contributed by atoms with Crippen LogP contribution in [0.3, 0.4) is 0 Å². The number of unbranched alkanes of at least 4 members (excludes halogenated alkanes) is 5. The van der Waals surface area contributed by atoms with Gasteiger partial charge in [0, 0.05) is 0 Å². The van der Waals surface area contributed by atoms with Crippen LogP contribution in [0.5, 0.6) is 5.75 Å². The molecular weight excluding hydrogens is 256 g/mol. The van der Waals surface area contributed by atoms with Crippen LogP contribution in [-0.2, 0) is 19.3 Å². The van der Waals surface area contributed by atoms with E-state index in [-0.39, 0.29) is 0 Å². The molecule has 0 fully saturated rings. The maximum absolute atomic E-state index is 10.4. The Morgan fingerprint density at radius 1 is 0.762 bits per heavy atom. The van der Waals surface area contributed by atoms with Crippen LogP contribution in [0.2, 0.25) is 0 Å². The molecule has 0 atom stereocenters. The predicted molar refractivity (Wildman–Crippen MR) is 93.3 cm³/mol. The van der Waals surface area contributed by atoms with Gasteiger partial charge >= 0.3 is 0 Å². The molecule has 1 aromatic carbocycles. The van der Waals surface area contributed by atoms with Crippen LogP contribution in [-0.4, -0.2) is 5.11 Å². The number of hydrogen-bond donors (Lipinski definition) is 1. The number of rotatable bonds is 10. The highest BCUT2D eigenvalue weighted by atomic mass is 16.3. The minimum Gasteiger partial charge on any atom is -0.508 e. The van der Waals surface area contributed by atoms with Crippen molar-refractivity contribution < 1.29 is 5.11 Å². The Balaban J connectivity index is 2.88. The first kappa shape index (κ1) is 18.1. The van der Waals surface area contributed by atoms with Crippen LogP contribution in [0, 0.1) is 6.92 Å². The first-order valence-electron chi connectivity index (χ1n) is 8.98. The monoisotopic (exact) mass is 290 g/mol. The molecule has 0 saturated carbocycles. The summed E-state index contributed by atoms with van der Waals surface area (Å²) >= 11 is 0. The summed E-state index contributed by atoms with van der Waals surface area (Å²) in [6.45, 7) is 8.87. The first-order valence-corrected chi connectivity index (χ1v) is 8.98. The largest absolute Gasteiger partial charge is 0.508 e. The molecule has 1 heteroatoms. The van der Waals surface area contributed by atoms with Gasteiger partial charge in [-0.3, -0.25) is 0 Å². The summed E-state index contributed by atoms with van der Waals surface area (Å²) in [4.78, 5) is 0. The van der Waals surface area contributed by atoms with Crippen molar-refractivity contribution >= 4 is 0 Å². The maximum atomic E-state index is 10.4. The van der Waals surface area contributed by atoms with E-state index in [9.17, 15) is 5.11 Å². The van der Waals surface area contributed by atoms with Gasteiger partial charge < -0.3 is 5.11 Å². The van der Waals surface area contributed by atoms with E-state index in [1.165, 1.54) is 67.2 Å². The van der Waals surface area contributed by atoms with Crippen LogP contribution in [0.4, 0.5) is 0 Å². The molecule has 1 nitrogen and oxygen atoms in total. The SMILES string of the molecule is CCCCCCCc1c(O)cc(C)c(CC)c1CCCC. The van der Waals surface area contributed by atoms with E-state index in [0.717, 1.165) is 19.3 Å². The number of aryl methyl sites for hydroxylation is 1.